The van der Waals surface area contributed by atoms with Crippen molar-refractivity contribution in [3.05, 3.63) is 28.5 Å². The highest BCUT2D eigenvalue weighted by Crippen LogP contribution is 2.07. The molecular formula is C10H12BrN3O2. The number of pyridine rings is 1. The first-order valence-corrected chi connectivity index (χ1v) is 5.57. The van der Waals surface area contributed by atoms with Crippen LogP contribution in [-0.4, -0.2) is 23.3 Å². The Labute approximate surface area is 102 Å². The SMILES string of the molecule is NC(=O)CCCNC(=O)c1ccnc(Br)c1. The maximum Gasteiger partial charge on any atom is 0.251 e. The van der Waals surface area contributed by atoms with Gasteiger partial charge in [0.25, 0.3) is 5.91 Å². The molecular weight excluding hydrogens is 274 g/mol. The summed E-state index contributed by atoms with van der Waals surface area (Å²) in [6.45, 7) is 0.432. The van der Waals surface area contributed by atoms with E-state index in [1.165, 1.54) is 0 Å². The Kier molecular flexibility index (Phi) is 4.91. The molecule has 6 heteroatoms. The number of aromatic nitrogens is 1. The lowest BCUT2D eigenvalue weighted by Crippen LogP contribution is -2.25. The molecule has 0 aliphatic carbocycles. The Hall–Kier alpha value is -1.43. The third kappa shape index (κ3) is 4.39. The molecule has 0 saturated heterocycles. The summed E-state index contributed by atoms with van der Waals surface area (Å²) in [7, 11) is 0. The Balaban J connectivity index is 2.38. The molecule has 16 heavy (non-hydrogen) atoms. The summed E-state index contributed by atoms with van der Waals surface area (Å²) in [6.07, 6.45) is 2.37. The van der Waals surface area contributed by atoms with Crippen LogP contribution in [0.15, 0.2) is 22.9 Å². The van der Waals surface area contributed by atoms with E-state index >= 15 is 0 Å². The molecule has 0 unspecified atom stereocenters. The van der Waals surface area contributed by atoms with Gasteiger partial charge in [0, 0.05) is 24.7 Å². The maximum atomic E-state index is 11.6. The number of nitrogens with one attached hydrogen (secondary N) is 1. The Morgan fingerprint density at radius 2 is 2.25 bits per heavy atom. The fraction of sp³-hybridized carbons (Fsp3) is 0.300. The number of carbonyl (C=O) groups excluding carboxylic acids is 2. The van der Waals surface area contributed by atoms with Crippen LogP contribution in [0.3, 0.4) is 0 Å². The van der Waals surface area contributed by atoms with E-state index in [1.54, 1.807) is 18.3 Å². The second-order valence-electron chi connectivity index (χ2n) is 3.19. The largest absolute Gasteiger partial charge is 0.370 e. The Morgan fingerprint density at radius 1 is 1.50 bits per heavy atom. The summed E-state index contributed by atoms with van der Waals surface area (Å²) in [4.78, 5) is 25.9. The summed E-state index contributed by atoms with van der Waals surface area (Å²) in [5.41, 5.74) is 5.50. The minimum Gasteiger partial charge on any atom is -0.370 e. The number of amides is 2. The third-order valence-corrected chi connectivity index (χ3v) is 2.31. The van der Waals surface area contributed by atoms with Crippen molar-refractivity contribution in [2.45, 2.75) is 12.8 Å². The molecule has 0 bridgehead atoms. The van der Waals surface area contributed by atoms with Gasteiger partial charge in [0.15, 0.2) is 0 Å². The van der Waals surface area contributed by atoms with Crippen LogP contribution < -0.4 is 11.1 Å². The highest BCUT2D eigenvalue weighted by molar-refractivity contribution is 9.10. The molecule has 1 aromatic rings. The smallest absolute Gasteiger partial charge is 0.251 e. The van der Waals surface area contributed by atoms with Gasteiger partial charge in [-0.15, -0.1) is 0 Å². The molecule has 2 amide bonds. The number of halogens is 1. The number of hydrogen-bond acceptors (Lipinski definition) is 3. The van der Waals surface area contributed by atoms with E-state index in [4.69, 9.17) is 5.73 Å². The van der Waals surface area contributed by atoms with Crippen LogP contribution in [0.5, 0.6) is 0 Å². The Bertz CT molecular complexity index is 395. The van der Waals surface area contributed by atoms with Gasteiger partial charge in [-0.1, -0.05) is 0 Å². The van der Waals surface area contributed by atoms with Crippen LogP contribution in [-0.2, 0) is 4.79 Å². The molecule has 0 aliphatic heterocycles. The summed E-state index contributed by atoms with van der Waals surface area (Å²) >= 11 is 3.18. The van der Waals surface area contributed by atoms with Crippen molar-refractivity contribution < 1.29 is 9.59 Å². The summed E-state index contributed by atoms with van der Waals surface area (Å²) in [5, 5.41) is 2.69. The van der Waals surface area contributed by atoms with Crippen LogP contribution in [0.4, 0.5) is 0 Å². The molecule has 0 aliphatic rings. The van der Waals surface area contributed by atoms with Gasteiger partial charge in [0.1, 0.15) is 4.60 Å². The number of nitrogens with two attached hydrogens (primary N) is 1. The molecule has 0 radical (unpaired) electrons. The summed E-state index contributed by atoms with van der Waals surface area (Å²) in [5.74, 6) is -0.548. The van der Waals surface area contributed by atoms with Gasteiger partial charge in [0.05, 0.1) is 0 Å². The highest BCUT2D eigenvalue weighted by atomic mass is 79.9. The van der Waals surface area contributed by atoms with Gasteiger partial charge >= 0.3 is 0 Å². The van der Waals surface area contributed by atoms with Crippen LogP contribution in [0.2, 0.25) is 0 Å². The molecule has 0 spiro atoms. The molecule has 1 rings (SSSR count). The van der Waals surface area contributed by atoms with Gasteiger partial charge in [0.2, 0.25) is 5.91 Å². The van der Waals surface area contributed by atoms with E-state index < -0.39 is 0 Å². The van der Waals surface area contributed by atoms with Crippen LogP contribution >= 0.6 is 15.9 Å². The number of carbonyl (C=O) groups is 2. The van der Waals surface area contributed by atoms with E-state index in [9.17, 15) is 9.59 Å². The first-order valence-electron chi connectivity index (χ1n) is 4.77. The van der Waals surface area contributed by atoms with Gasteiger partial charge in [-0.2, -0.15) is 0 Å². The molecule has 0 saturated carbocycles. The fourth-order valence-electron chi connectivity index (χ4n) is 1.11. The quantitative estimate of drug-likeness (QED) is 0.621. The standard InChI is InChI=1S/C10H12BrN3O2/c11-8-6-7(3-5-13-8)10(16)14-4-1-2-9(12)15/h3,5-6H,1-2,4H2,(H2,12,15)(H,14,16). The molecule has 0 fully saturated rings. The summed E-state index contributed by atoms with van der Waals surface area (Å²) < 4.78 is 0.609. The molecule has 1 heterocycles. The van der Waals surface area contributed by atoms with Crippen molar-refractivity contribution >= 4 is 27.7 Å². The van der Waals surface area contributed by atoms with E-state index in [-0.39, 0.29) is 18.2 Å². The topological polar surface area (TPSA) is 85.1 Å². The fourth-order valence-corrected chi connectivity index (χ4v) is 1.48. The Morgan fingerprint density at radius 3 is 2.88 bits per heavy atom. The normalized spacial score (nSPS) is 9.81. The zero-order chi connectivity index (χ0) is 12.0. The highest BCUT2D eigenvalue weighted by Gasteiger charge is 2.05. The summed E-state index contributed by atoms with van der Waals surface area (Å²) in [6, 6.07) is 3.25. The second kappa shape index (κ2) is 6.22. The van der Waals surface area contributed by atoms with Gasteiger partial charge < -0.3 is 11.1 Å². The van der Waals surface area contributed by atoms with Crippen LogP contribution in [0.25, 0.3) is 0 Å². The van der Waals surface area contributed by atoms with Crippen molar-refractivity contribution in [3.8, 4) is 0 Å². The number of nitrogens with zero attached hydrogens (tertiary/aromatic N) is 1. The molecule has 0 aromatic carbocycles. The van der Waals surface area contributed by atoms with Gasteiger partial charge in [-0.05, 0) is 34.5 Å². The maximum absolute atomic E-state index is 11.6. The zero-order valence-corrected chi connectivity index (χ0v) is 10.2. The number of primary amides is 1. The first kappa shape index (κ1) is 12.6. The van der Waals surface area contributed by atoms with Crippen molar-refractivity contribution in [3.63, 3.8) is 0 Å². The lowest BCUT2D eigenvalue weighted by atomic mass is 10.2. The zero-order valence-electron chi connectivity index (χ0n) is 8.57. The lowest BCUT2D eigenvalue weighted by molar-refractivity contribution is -0.118. The van der Waals surface area contributed by atoms with E-state index in [0.29, 0.717) is 23.1 Å². The minimum atomic E-state index is -0.360. The lowest BCUT2D eigenvalue weighted by Gasteiger charge is -2.04. The monoisotopic (exact) mass is 285 g/mol. The van der Waals surface area contributed by atoms with Gasteiger partial charge in [-0.25, -0.2) is 4.98 Å². The molecule has 1 aromatic heterocycles. The predicted molar refractivity (Wildman–Crippen MR) is 62.7 cm³/mol. The predicted octanol–water partition coefficient (Wildman–Crippen LogP) is 0.839. The second-order valence-corrected chi connectivity index (χ2v) is 4.01. The molecule has 5 nitrogen and oxygen atoms in total. The average Bonchev–Trinajstić information content (AvgIpc) is 2.24. The minimum absolute atomic E-state index is 0.187. The number of rotatable bonds is 5. The third-order valence-electron chi connectivity index (χ3n) is 1.87. The van der Waals surface area contributed by atoms with Crippen molar-refractivity contribution in [1.29, 1.82) is 0 Å². The van der Waals surface area contributed by atoms with E-state index in [2.05, 4.69) is 26.2 Å². The van der Waals surface area contributed by atoms with Crippen LogP contribution in [0, 0.1) is 0 Å². The van der Waals surface area contributed by atoms with Crippen molar-refractivity contribution in [1.82, 2.24) is 10.3 Å². The average molecular weight is 286 g/mol. The number of hydrogen-bond donors (Lipinski definition) is 2. The van der Waals surface area contributed by atoms with Crippen molar-refractivity contribution in [2.75, 3.05) is 6.54 Å². The van der Waals surface area contributed by atoms with Gasteiger partial charge in [-0.3, -0.25) is 9.59 Å². The van der Waals surface area contributed by atoms with E-state index in [1.807, 2.05) is 0 Å². The van der Waals surface area contributed by atoms with E-state index in [0.717, 1.165) is 0 Å². The van der Waals surface area contributed by atoms with Crippen LogP contribution in [0.1, 0.15) is 23.2 Å². The molecule has 3 N–H and O–H groups in total. The molecule has 86 valence electrons. The first-order chi connectivity index (χ1) is 7.59. The molecule has 0 atom stereocenters. The van der Waals surface area contributed by atoms with Crippen molar-refractivity contribution in [2.24, 2.45) is 5.73 Å².